The largest absolute Gasteiger partial charge is 0.377 e. The topological polar surface area (TPSA) is 24.5 Å². The molecule has 0 bridgehead atoms. The van der Waals surface area contributed by atoms with Crippen molar-refractivity contribution in [2.75, 3.05) is 39.4 Å². The van der Waals surface area contributed by atoms with Crippen molar-refractivity contribution in [3.05, 3.63) is 34.9 Å². The van der Waals surface area contributed by atoms with Gasteiger partial charge in [-0.05, 0) is 25.0 Å². The van der Waals surface area contributed by atoms with Crippen LogP contribution in [0.25, 0.3) is 0 Å². The van der Waals surface area contributed by atoms with Crippen LogP contribution in [0.1, 0.15) is 16.7 Å². The lowest BCUT2D eigenvalue weighted by molar-refractivity contribution is -0.149. The van der Waals surface area contributed by atoms with E-state index in [1.807, 2.05) is 0 Å². The van der Waals surface area contributed by atoms with E-state index >= 15 is 0 Å². The molecular weight excluding hydrogens is 224 g/mol. The zero-order valence-electron chi connectivity index (χ0n) is 11.3. The van der Waals surface area contributed by atoms with Gasteiger partial charge in [0.15, 0.2) is 0 Å². The van der Waals surface area contributed by atoms with E-state index in [0.717, 1.165) is 39.4 Å². The van der Waals surface area contributed by atoms with Gasteiger partial charge in [0.05, 0.1) is 18.8 Å². The Bertz CT molecular complexity index is 434. The van der Waals surface area contributed by atoms with Gasteiger partial charge in [-0.2, -0.15) is 0 Å². The van der Waals surface area contributed by atoms with E-state index < -0.39 is 0 Å². The average molecular weight is 246 g/mol. The zero-order chi connectivity index (χ0) is 12.6. The molecule has 2 heterocycles. The third-order valence-electron chi connectivity index (χ3n) is 4.29. The Morgan fingerprint density at radius 1 is 1.17 bits per heavy atom. The Labute approximate surface area is 109 Å². The lowest BCUT2D eigenvalue weighted by atomic mass is 9.82. The second-order valence-electron chi connectivity index (χ2n) is 5.58. The van der Waals surface area contributed by atoms with Crippen molar-refractivity contribution in [3.8, 4) is 0 Å². The normalized spacial score (nSPS) is 23.7. The Balaban J connectivity index is 1.94. The van der Waals surface area contributed by atoms with Crippen molar-refractivity contribution in [3.63, 3.8) is 0 Å². The number of aryl methyl sites for hydroxylation is 2. The molecule has 0 spiro atoms. The van der Waals surface area contributed by atoms with Crippen LogP contribution >= 0.6 is 0 Å². The smallest absolute Gasteiger partial charge is 0.0937 e. The van der Waals surface area contributed by atoms with Crippen molar-refractivity contribution in [2.24, 2.45) is 0 Å². The zero-order valence-corrected chi connectivity index (χ0v) is 11.3. The molecule has 2 aliphatic rings. The standard InChI is InChI=1S/C15H22N2O/c1-12-3-4-14(13(2)9-12)15(10-18-11-15)17-7-5-16-6-8-17/h3-4,9,16H,5-8,10-11H2,1-2H3. The molecule has 2 aliphatic heterocycles. The number of piperazine rings is 1. The van der Waals surface area contributed by atoms with Gasteiger partial charge in [0.2, 0.25) is 0 Å². The second-order valence-corrected chi connectivity index (χ2v) is 5.58. The first-order valence-electron chi connectivity index (χ1n) is 6.84. The first-order valence-corrected chi connectivity index (χ1v) is 6.84. The molecule has 2 saturated heterocycles. The number of benzene rings is 1. The molecule has 0 radical (unpaired) electrons. The molecule has 3 rings (SSSR count). The van der Waals surface area contributed by atoms with Gasteiger partial charge in [-0.3, -0.25) is 4.90 Å². The van der Waals surface area contributed by atoms with E-state index in [1.54, 1.807) is 0 Å². The SMILES string of the molecule is Cc1ccc(C2(N3CCNCC3)COC2)c(C)c1. The monoisotopic (exact) mass is 246 g/mol. The molecule has 18 heavy (non-hydrogen) atoms. The Hall–Kier alpha value is -0.900. The summed E-state index contributed by atoms with van der Waals surface area (Å²) in [5.74, 6) is 0. The number of hydrogen-bond acceptors (Lipinski definition) is 3. The number of nitrogens with zero attached hydrogens (tertiary/aromatic N) is 1. The van der Waals surface area contributed by atoms with E-state index in [0.29, 0.717) is 0 Å². The summed E-state index contributed by atoms with van der Waals surface area (Å²) in [6, 6.07) is 6.82. The molecule has 0 amide bonds. The molecule has 1 N–H and O–H groups in total. The first-order chi connectivity index (χ1) is 8.72. The molecule has 0 saturated carbocycles. The van der Waals surface area contributed by atoms with Crippen LogP contribution in [0.2, 0.25) is 0 Å². The van der Waals surface area contributed by atoms with Crippen LogP contribution in [0, 0.1) is 13.8 Å². The third-order valence-corrected chi connectivity index (χ3v) is 4.29. The number of hydrogen-bond donors (Lipinski definition) is 1. The van der Waals surface area contributed by atoms with E-state index in [4.69, 9.17) is 4.74 Å². The van der Waals surface area contributed by atoms with Gasteiger partial charge < -0.3 is 10.1 Å². The molecule has 98 valence electrons. The summed E-state index contributed by atoms with van der Waals surface area (Å²) in [5.41, 5.74) is 4.34. The van der Waals surface area contributed by atoms with Crippen molar-refractivity contribution in [2.45, 2.75) is 19.4 Å². The van der Waals surface area contributed by atoms with Crippen molar-refractivity contribution >= 4 is 0 Å². The molecular formula is C15H22N2O. The maximum absolute atomic E-state index is 5.57. The number of nitrogens with one attached hydrogen (secondary N) is 1. The van der Waals surface area contributed by atoms with Gasteiger partial charge >= 0.3 is 0 Å². The van der Waals surface area contributed by atoms with E-state index in [2.05, 4.69) is 42.3 Å². The molecule has 0 aromatic heterocycles. The molecule has 0 aliphatic carbocycles. The van der Waals surface area contributed by atoms with Gasteiger partial charge in [-0.15, -0.1) is 0 Å². The maximum Gasteiger partial charge on any atom is 0.0937 e. The second kappa shape index (κ2) is 4.65. The minimum atomic E-state index is 0.139. The predicted molar refractivity (Wildman–Crippen MR) is 72.9 cm³/mol. The van der Waals surface area contributed by atoms with Crippen LogP contribution in [0.3, 0.4) is 0 Å². The van der Waals surface area contributed by atoms with E-state index in [1.165, 1.54) is 16.7 Å². The summed E-state index contributed by atoms with van der Waals surface area (Å²) < 4.78 is 5.57. The van der Waals surface area contributed by atoms with Crippen LogP contribution in [0.4, 0.5) is 0 Å². The summed E-state index contributed by atoms with van der Waals surface area (Å²) in [4.78, 5) is 2.60. The van der Waals surface area contributed by atoms with Gasteiger partial charge in [0.25, 0.3) is 0 Å². The van der Waals surface area contributed by atoms with Crippen LogP contribution in [0.5, 0.6) is 0 Å². The van der Waals surface area contributed by atoms with Gasteiger partial charge in [0.1, 0.15) is 0 Å². The van der Waals surface area contributed by atoms with Crippen LogP contribution in [-0.4, -0.2) is 44.3 Å². The Kier molecular flexibility index (Phi) is 3.14. The minimum absolute atomic E-state index is 0.139. The van der Waals surface area contributed by atoms with Crippen LogP contribution < -0.4 is 5.32 Å². The average Bonchev–Trinajstić information content (AvgIpc) is 2.32. The quantitative estimate of drug-likeness (QED) is 0.854. The van der Waals surface area contributed by atoms with Crippen molar-refractivity contribution in [1.82, 2.24) is 10.2 Å². The van der Waals surface area contributed by atoms with Crippen molar-refractivity contribution < 1.29 is 4.74 Å². The van der Waals surface area contributed by atoms with Gasteiger partial charge in [0, 0.05) is 26.2 Å². The van der Waals surface area contributed by atoms with Crippen LogP contribution in [0.15, 0.2) is 18.2 Å². The number of ether oxygens (including phenoxy) is 1. The Morgan fingerprint density at radius 2 is 1.89 bits per heavy atom. The minimum Gasteiger partial charge on any atom is -0.377 e. The third kappa shape index (κ3) is 1.87. The van der Waals surface area contributed by atoms with Gasteiger partial charge in [-0.25, -0.2) is 0 Å². The first kappa shape index (κ1) is 12.2. The fourth-order valence-corrected chi connectivity index (χ4v) is 3.23. The summed E-state index contributed by atoms with van der Waals surface area (Å²) in [6.07, 6.45) is 0. The molecule has 2 fully saturated rings. The van der Waals surface area contributed by atoms with E-state index in [9.17, 15) is 0 Å². The highest BCUT2D eigenvalue weighted by Gasteiger charge is 2.46. The maximum atomic E-state index is 5.57. The lowest BCUT2D eigenvalue weighted by Gasteiger charge is -2.52. The lowest BCUT2D eigenvalue weighted by Crippen LogP contribution is -2.63. The van der Waals surface area contributed by atoms with Gasteiger partial charge in [-0.1, -0.05) is 23.8 Å². The number of rotatable bonds is 2. The summed E-state index contributed by atoms with van der Waals surface area (Å²) in [5, 5.41) is 3.43. The summed E-state index contributed by atoms with van der Waals surface area (Å²) >= 11 is 0. The molecule has 3 nitrogen and oxygen atoms in total. The van der Waals surface area contributed by atoms with Crippen molar-refractivity contribution in [1.29, 1.82) is 0 Å². The summed E-state index contributed by atoms with van der Waals surface area (Å²) in [6.45, 7) is 10.5. The highest BCUT2D eigenvalue weighted by Crippen LogP contribution is 2.38. The fourth-order valence-electron chi connectivity index (χ4n) is 3.23. The molecule has 0 atom stereocenters. The highest BCUT2D eigenvalue weighted by molar-refractivity contribution is 5.37. The van der Waals surface area contributed by atoms with E-state index in [-0.39, 0.29) is 5.54 Å². The highest BCUT2D eigenvalue weighted by atomic mass is 16.5. The molecule has 1 aromatic rings. The molecule has 0 unspecified atom stereocenters. The predicted octanol–water partition coefficient (Wildman–Crippen LogP) is 1.43. The molecule has 3 heteroatoms. The Morgan fingerprint density at radius 3 is 2.44 bits per heavy atom. The fraction of sp³-hybridized carbons (Fsp3) is 0.600. The molecule has 1 aromatic carbocycles. The summed E-state index contributed by atoms with van der Waals surface area (Å²) in [7, 11) is 0. The van der Waals surface area contributed by atoms with Crippen LogP contribution in [-0.2, 0) is 10.3 Å².